The second kappa shape index (κ2) is 4.11. The Balaban J connectivity index is 2.25. The number of rotatable bonds is 1. The van der Waals surface area contributed by atoms with Crippen molar-refractivity contribution >= 4 is 31.9 Å². The molecule has 1 heterocycles. The number of benzene rings is 1. The Hall–Kier alpha value is 0.140. The van der Waals surface area contributed by atoms with Gasteiger partial charge in [-0.2, -0.15) is 0 Å². The zero-order valence-corrected chi connectivity index (χ0v) is 10.4. The van der Waals surface area contributed by atoms with Gasteiger partial charge in [0.15, 0.2) is 0 Å². The van der Waals surface area contributed by atoms with Gasteiger partial charge < -0.3 is 5.32 Å². The molecule has 0 spiro atoms. The third-order valence-electron chi connectivity index (χ3n) is 2.48. The summed E-state index contributed by atoms with van der Waals surface area (Å²) in [5.41, 5.74) is 1.43. The van der Waals surface area contributed by atoms with Crippen LogP contribution in [-0.4, -0.2) is 13.1 Å². The average molecular weight is 305 g/mol. The van der Waals surface area contributed by atoms with Crippen molar-refractivity contribution in [2.24, 2.45) is 0 Å². The van der Waals surface area contributed by atoms with E-state index in [0.717, 1.165) is 22.0 Å². The summed E-state index contributed by atoms with van der Waals surface area (Å²) in [6, 6.07) is 6.52. The minimum atomic E-state index is 0.699. The molecule has 0 radical (unpaired) electrons. The summed E-state index contributed by atoms with van der Waals surface area (Å²) in [4.78, 5) is 0. The van der Waals surface area contributed by atoms with Crippen LogP contribution in [-0.2, 0) is 0 Å². The zero-order valence-electron chi connectivity index (χ0n) is 7.19. The van der Waals surface area contributed by atoms with Crippen LogP contribution in [0.25, 0.3) is 0 Å². The van der Waals surface area contributed by atoms with Gasteiger partial charge in [0.1, 0.15) is 0 Å². The molecule has 1 aromatic rings. The van der Waals surface area contributed by atoms with Crippen LogP contribution in [0.1, 0.15) is 17.9 Å². The van der Waals surface area contributed by atoms with Gasteiger partial charge in [-0.3, -0.25) is 0 Å². The van der Waals surface area contributed by atoms with E-state index in [1.54, 1.807) is 0 Å². The van der Waals surface area contributed by atoms with Crippen molar-refractivity contribution in [3.05, 3.63) is 32.7 Å². The first kappa shape index (κ1) is 9.69. The van der Waals surface area contributed by atoms with Gasteiger partial charge in [-0.1, -0.05) is 6.07 Å². The van der Waals surface area contributed by atoms with Crippen LogP contribution >= 0.6 is 31.9 Å². The first-order chi connectivity index (χ1) is 6.27. The predicted octanol–water partition coefficient (Wildman–Crippen LogP) is 3.29. The van der Waals surface area contributed by atoms with Crippen molar-refractivity contribution in [2.45, 2.75) is 12.3 Å². The first-order valence-corrected chi connectivity index (χ1v) is 6.01. The van der Waals surface area contributed by atoms with E-state index in [0.29, 0.717) is 5.92 Å². The molecule has 13 heavy (non-hydrogen) atoms. The van der Waals surface area contributed by atoms with Crippen molar-refractivity contribution < 1.29 is 0 Å². The van der Waals surface area contributed by atoms with E-state index in [4.69, 9.17) is 0 Å². The number of nitrogens with one attached hydrogen (secondary N) is 1. The van der Waals surface area contributed by atoms with Crippen molar-refractivity contribution in [3.63, 3.8) is 0 Å². The molecule has 1 saturated heterocycles. The molecule has 0 aromatic heterocycles. The van der Waals surface area contributed by atoms with Gasteiger partial charge in [0.2, 0.25) is 0 Å². The maximum absolute atomic E-state index is 3.53. The second-order valence-electron chi connectivity index (χ2n) is 3.36. The number of hydrogen-bond acceptors (Lipinski definition) is 1. The summed E-state index contributed by atoms with van der Waals surface area (Å²) in [7, 11) is 0. The molecule has 0 aliphatic carbocycles. The topological polar surface area (TPSA) is 12.0 Å². The summed E-state index contributed by atoms with van der Waals surface area (Å²) >= 11 is 7.00. The van der Waals surface area contributed by atoms with Crippen LogP contribution in [0.2, 0.25) is 0 Å². The molecule has 1 aliphatic heterocycles. The van der Waals surface area contributed by atoms with Crippen LogP contribution in [0, 0.1) is 0 Å². The van der Waals surface area contributed by atoms with Gasteiger partial charge in [0.05, 0.1) is 0 Å². The fourth-order valence-electron chi connectivity index (χ4n) is 1.71. The standard InChI is InChI=1S/C10H11Br2N/c11-9-2-1-7(5-10(9)12)8-3-4-13-6-8/h1-2,5,8,13H,3-4,6H2/t8-/m1/s1. The van der Waals surface area contributed by atoms with E-state index in [1.807, 2.05) is 0 Å². The Morgan fingerprint density at radius 1 is 1.23 bits per heavy atom. The summed E-state index contributed by atoms with van der Waals surface area (Å²) < 4.78 is 2.28. The number of hydrogen-bond donors (Lipinski definition) is 1. The summed E-state index contributed by atoms with van der Waals surface area (Å²) in [6.45, 7) is 2.27. The van der Waals surface area contributed by atoms with E-state index in [-0.39, 0.29) is 0 Å². The summed E-state index contributed by atoms with van der Waals surface area (Å²) in [6.07, 6.45) is 1.26. The molecule has 1 fully saturated rings. The Morgan fingerprint density at radius 3 is 2.69 bits per heavy atom. The normalized spacial score (nSPS) is 22.2. The summed E-state index contributed by atoms with van der Waals surface area (Å²) in [5, 5.41) is 3.38. The molecule has 1 aromatic carbocycles. The molecule has 70 valence electrons. The van der Waals surface area contributed by atoms with Crippen LogP contribution in [0.15, 0.2) is 27.1 Å². The Morgan fingerprint density at radius 2 is 2.08 bits per heavy atom. The molecule has 1 atom stereocenters. The molecule has 0 bridgehead atoms. The lowest BCUT2D eigenvalue weighted by Gasteiger charge is -2.09. The molecule has 0 saturated carbocycles. The van der Waals surface area contributed by atoms with Crippen molar-refractivity contribution in [1.82, 2.24) is 5.32 Å². The van der Waals surface area contributed by atoms with Gasteiger partial charge in [0, 0.05) is 15.5 Å². The molecule has 0 unspecified atom stereocenters. The predicted molar refractivity (Wildman–Crippen MR) is 62.1 cm³/mol. The highest BCUT2D eigenvalue weighted by molar-refractivity contribution is 9.13. The van der Waals surface area contributed by atoms with Gasteiger partial charge in [-0.25, -0.2) is 0 Å². The quantitative estimate of drug-likeness (QED) is 0.839. The van der Waals surface area contributed by atoms with Gasteiger partial charge in [0.25, 0.3) is 0 Å². The molecular weight excluding hydrogens is 294 g/mol. The molecule has 1 nitrogen and oxygen atoms in total. The fourth-order valence-corrected chi connectivity index (χ4v) is 2.35. The van der Waals surface area contributed by atoms with Gasteiger partial charge >= 0.3 is 0 Å². The molecule has 3 heteroatoms. The highest BCUT2D eigenvalue weighted by atomic mass is 79.9. The van der Waals surface area contributed by atoms with Crippen LogP contribution in [0.4, 0.5) is 0 Å². The smallest absolute Gasteiger partial charge is 0.0320 e. The van der Waals surface area contributed by atoms with Gasteiger partial charge in [-0.15, -0.1) is 0 Å². The SMILES string of the molecule is Brc1ccc([C@@H]2CCNC2)cc1Br. The van der Waals surface area contributed by atoms with E-state index < -0.39 is 0 Å². The van der Waals surface area contributed by atoms with E-state index in [9.17, 15) is 0 Å². The van der Waals surface area contributed by atoms with Crippen LogP contribution in [0.5, 0.6) is 0 Å². The maximum atomic E-state index is 3.53. The second-order valence-corrected chi connectivity index (χ2v) is 5.07. The zero-order chi connectivity index (χ0) is 9.26. The maximum Gasteiger partial charge on any atom is 0.0320 e. The fraction of sp³-hybridized carbons (Fsp3) is 0.400. The molecule has 1 N–H and O–H groups in total. The van der Waals surface area contributed by atoms with Crippen molar-refractivity contribution in [1.29, 1.82) is 0 Å². The highest BCUT2D eigenvalue weighted by Gasteiger charge is 2.16. The Bertz CT molecular complexity index is 306. The average Bonchev–Trinajstić information content (AvgIpc) is 2.62. The van der Waals surface area contributed by atoms with Crippen molar-refractivity contribution in [3.8, 4) is 0 Å². The number of halogens is 2. The van der Waals surface area contributed by atoms with E-state index >= 15 is 0 Å². The largest absolute Gasteiger partial charge is 0.316 e. The summed E-state index contributed by atoms with van der Waals surface area (Å²) in [5.74, 6) is 0.699. The minimum absolute atomic E-state index is 0.699. The van der Waals surface area contributed by atoms with Crippen molar-refractivity contribution in [2.75, 3.05) is 13.1 Å². The first-order valence-electron chi connectivity index (χ1n) is 4.43. The molecule has 1 aliphatic rings. The van der Waals surface area contributed by atoms with Gasteiger partial charge in [-0.05, 0) is 68.4 Å². The Kier molecular flexibility index (Phi) is 3.06. The van der Waals surface area contributed by atoms with E-state index in [1.165, 1.54) is 12.0 Å². The minimum Gasteiger partial charge on any atom is -0.316 e. The third-order valence-corrected chi connectivity index (χ3v) is 4.36. The monoisotopic (exact) mass is 303 g/mol. The van der Waals surface area contributed by atoms with Crippen LogP contribution in [0.3, 0.4) is 0 Å². The lowest BCUT2D eigenvalue weighted by molar-refractivity contribution is 0.762. The lowest BCUT2D eigenvalue weighted by atomic mass is 9.99. The highest BCUT2D eigenvalue weighted by Crippen LogP contribution is 2.29. The Labute approximate surface area is 95.2 Å². The van der Waals surface area contributed by atoms with Crippen LogP contribution < -0.4 is 5.32 Å². The lowest BCUT2D eigenvalue weighted by Crippen LogP contribution is -2.07. The van der Waals surface area contributed by atoms with E-state index in [2.05, 4.69) is 55.4 Å². The third kappa shape index (κ3) is 2.14. The molecule has 0 amide bonds. The molecular formula is C10H11Br2N. The molecule has 2 rings (SSSR count).